The molecule has 2 aromatic carbocycles. The Balaban J connectivity index is 1.88. The minimum atomic E-state index is -0.809. The number of nitrogens with zero attached hydrogens (tertiary/aromatic N) is 2. The van der Waals surface area contributed by atoms with Crippen LogP contribution in [-0.4, -0.2) is 30.2 Å². The smallest absolute Gasteiger partial charge is 0.338 e. The molecule has 0 fully saturated rings. The van der Waals surface area contributed by atoms with Crippen LogP contribution in [0, 0.1) is 0 Å². The first kappa shape index (κ1) is 25.8. The van der Waals surface area contributed by atoms with Gasteiger partial charge in [-0.3, -0.25) is 14.2 Å². The number of rotatable bonds is 7. The molecule has 3 aromatic rings. The topological polar surface area (TPSA) is 96.2 Å². The Hall–Kier alpha value is -4.24. The van der Waals surface area contributed by atoms with Crippen LogP contribution in [-0.2, 0) is 14.3 Å². The van der Waals surface area contributed by atoms with Gasteiger partial charge in [0.1, 0.15) is 0 Å². The van der Waals surface area contributed by atoms with Crippen molar-refractivity contribution in [2.45, 2.75) is 26.8 Å². The summed E-state index contributed by atoms with van der Waals surface area (Å²) in [6, 6.07) is 13.8. The number of carbonyl (C=O) groups is 2. The summed E-state index contributed by atoms with van der Waals surface area (Å²) in [7, 11) is 1.45. The Bertz CT molecular complexity index is 1580. The monoisotopic (exact) mass is 518 g/mol. The highest BCUT2D eigenvalue weighted by atomic mass is 32.1. The van der Waals surface area contributed by atoms with Gasteiger partial charge in [0.05, 0.1) is 35.6 Å². The summed E-state index contributed by atoms with van der Waals surface area (Å²) >= 11 is 1.24. The molecule has 0 unspecified atom stereocenters. The highest BCUT2D eigenvalue weighted by Gasteiger charge is 2.34. The van der Waals surface area contributed by atoms with Gasteiger partial charge in [-0.1, -0.05) is 59.9 Å². The van der Waals surface area contributed by atoms with Crippen molar-refractivity contribution in [3.8, 4) is 11.5 Å². The van der Waals surface area contributed by atoms with Crippen LogP contribution in [0.2, 0.25) is 0 Å². The number of hydrogen-bond donors (Lipinski definition) is 0. The van der Waals surface area contributed by atoms with Crippen LogP contribution in [0.15, 0.2) is 75.7 Å². The van der Waals surface area contributed by atoms with Gasteiger partial charge >= 0.3 is 11.9 Å². The molecule has 1 aromatic heterocycles. The first-order valence-electron chi connectivity index (χ1n) is 11.6. The number of esters is 2. The van der Waals surface area contributed by atoms with Gasteiger partial charge in [0, 0.05) is 6.92 Å². The summed E-state index contributed by atoms with van der Waals surface area (Å²) in [5.41, 5.74) is 2.01. The molecule has 0 N–H and O–H groups in total. The summed E-state index contributed by atoms with van der Waals surface area (Å²) in [6.07, 6.45) is 5.46. The highest BCUT2D eigenvalue weighted by molar-refractivity contribution is 7.07. The maximum atomic E-state index is 13.6. The molecule has 37 heavy (non-hydrogen) atoms. The summed E-state index contributed by atoms with van der Waals surface area (Å²) in [5, 5.41) is 0. The number of fused-ring (bicyclic) bond motifs is 1. The van der Waals surface area contributed by atoms with Crippen molar-refractivity contribution in [1.29, 1.82) is 0 Å². The molecular formula is C28H26N2O6S. The van der Waals surface area contributed by atoms with Crippen molar-refractivity contribution < 1.29 is 23.8 Å². The third-order valence-corrected chi connectivity index (χ3v) is 6.61. The fourth-order valence-corrected chi connectivity index (χ4v) is 5.02. The zero-order valence-electron chi connectivity index (χ0n) is 20.9. The van der Waals surface area contributed by atoms with Gasteiger partial charge in [0.2, 0.25) is 0 Å². The van der Waals surface area contributed by atoms with E-state index in [0.29, 0.717) is 26.3 Å². The standard InChI is InChI=1S/C28H26N2O6S/c1-5-35-27(33)24-17(2)29-28-30(25(24)20-14-15-21(36-18(3)31)22(16-20)34-4)26(32)23(37-28)13-9-12-19-10-7-6-8-11-19/h6-16,25H,5H2,1-4H3/b12-9+,23-13+/t25-/m1/s1. The van der Waals surface area contributed by atoms with Crippen LogP contribution in [0.25, 0.3) is 12.2 Å². The number of hydrogen-bond acceptors (Lipinski definition) is 8. The molecule has 1 atom stereocenters. The minimum absolute atomic E-state index is 0.172. The fraction of sp³-hybridized carbons (Fsp3) is 0.214. The van der Waals surface area contributed by atoms with E-state index in [9.17, 15) is 14.4 Å². The van der Waals surface area contributed by atoms with Gasteiger partial charge in [-0.05, 0) is 43.2 Å². The molecule has 9 heteroatoms. The van der Waals surface area contributed by atoms with E-state index in [-0.39, 0.29) is 23.5 Å². The van der Waals surface area contributed by atoms with Crippen molar-refractivity contribution in [2.75, 3.05) is 13.7 Å². The number of thiazole rings is 1. The number of allylic oxidation sites excluding steroid dienone is 2. The lowest BCUT2D eigenvalue weighted by Gasteiger charge is -2.25. The zero-order chi connectivity index (χ0) is 26.5. The number of benzene rings is 2. The summed E-state index contributed by atoms with van der Waals surface area (Å²) in [4.78, 5) is 43.2. The summed E-state index contributed by atoms with van der Waals surface area (Å²) < 4.78 is 17.9. The molecule has 0 aliphatic carbocycles. The second kappa shape index (κ2) is 11.2. The predicted octanol–water partition coefficient (Wildman–Crippen LogP) is 3.40. The zero-order valence-corrected chi connectivity index (χ0v) is 21.7. The lowest BCUT2D eigenvalue weighted by molar-refractivity contribution is -0.139. The molecule has 2 heterocycles. The third kappa shape index (κ3) is 5.46. The van der Waals surface area contributed by atoms with Crippen LogP contribution in [0.4, 0.5) is 0 Å². The molecular weight excluding hydrogens is 492 g/mol. The molecule has 0 radical (unpaired) electrons. The van der Waals surface area contributed by atoms with Crippen molar-refractivity contribution >= 4 is 35.4 Å². The van der Waals surface area contributed by atoms with E-state index >= 15 is 0 Å². The van der Waals surface area contributed by atoms with E-state index in [4.69, 9.17) is 14.2 Å². The second-order valence-electron chi connectivity index (χ2n) is 8.10. The molecule has 0 bridgehead atoms. The highest BCUT2D eigenvalue weighted by Crippen LogP contribution is 2.36. The first-order valence-corrected chi connectivity index (χ1v) is 12.4. The van der Waals surface area contributed by atoms with Gasteiger partial charge in [-0.15, -0.1) is 0 Å². The summed E-state index contributed by atoms with van der Waals surface area (Å²) in [5.74, 6) is -0.533. The minimum Gasteiger partial charge on any atom is -0.493 e. The van der Waals surface area contributed by atoms with E-state index in [1.165, 1.54) is 29.9 Å². The van der Waals surface area contributed by atoms with Crippen molar-refractivity contribution in [1.82, 2.24) is 4.57 Å². The van der Waals surface area contributed by atoms with Gasteiger partial charge in [-0.25, -0.2) is 9.79 Å². The SMILES string of the molecule is CCOC(=O)C1=C(C)N=c2s/c(=C/C=C/c3ccccc3)c(=O)n2[C@@H]1c1ccc(OC(C)=O)c(OC)c1. The number of methoxy groups -OCH3 is 1. The van der Waals surface area contributed by atoms with Gasteiger partial charge in [0.15, 0.2) is 16.3 Å². The van der Waals surface area contributed by atoms with Crippen LogP contribution in [0.5, 0.6) is 11.5 Å². The average Bonchev–Trinajstić information content (AvgIpc) is 3.18. The molecule has 4 rings (SSSR count). The molecule has 0 spiro atoms. The lowest BCUT2D eigenvalue weighted by atomic mass is 9.95. The van der Waals surface area contributed by atoms with Crippen molar-refractivity contribution in [3.05, 3.63) is 96.7 Å². The van der Waals surface area contributed by atoms with E-state index in [1.807, 2.05) is 42.5 Å². The molecule has 8 nitrogen and oxygen atoms in total. The molecule has 0 amide bonds. The van der Waals surface area contributed by atoms with Gasteiger partial charge in [-0.2, -0.15) is 0 Å². The molecule has 0 saturated heterocycles. The Kier molecular flexibility index (Phi) is 7.83. The van der Waals surface area contributed by atoms with Crippen LogP contribution < -0.4 is 24.4 Å². The maximum absolute atomic E-state index is 13.6. The van der Waals surface area contributed by atoms with E-state index in [1.54, 1.807) is 38.1 Å². The second-order valence-corrected chi connectivity index (χ2v) is 9.11. The number of aromatic nitrogens is 1. The Morgan fingerprint density at radius 3 is 2.57 bits per heavy atom. The third-order valence-electron chi connectivity index (χ3n) is 5.61. The van der Waals surface area contributed by atoms with Crippen LogP contribution >= 0.6 is 11.3 Å². The van der Waals surface area contributed by atoms with E-state index in [2.05, 4.69) is 4.99 Å². The fourth-order valence-electron chi connectivity index (χ4n) is 4.03. The Labute approximate surface area is 217 Å². The van der Waals surface area contributed by atoms with Crippen LogP contribution in [0.3, 0.4) is 0 Å². The molecule has 1 aliphatic rings. The first-order chi connectivity index (χ1) is 17.8. The van der Waals surface area contributed by atoms with Gasteiger partial charge in [0.25, 0.3) is 5.56 Å². The van der Waals surface area contributed by atoms with Crippen molar-refractivity contribution in [2.24, 2.45) is 4.99 Å². The predicted molar refractivity (Wildman–Crippen MR) is 141 cm³/mol. The molecule has 1 aliphatic heterocycles. The van der Waals surface area contributed by atoms with E-state index < -0.39 is 18.0 Å². The Morgan fingerprint density at radius 1 is 1.14 bits per heavy atom. The quantitative estimate of drug-likeness (QED) is 0.351. The normalized spacial score (nSPS) is 15.4. The molecule has 190 valence electrons. The van der Waals surface area contributed by atoms with E-state index in [0.717, 1.165) is 5.56 Å². The Morgan fingerprint density at radius 2 is 1.89 bits per heavy atom. The van der Waals surface area contributed by atoms with Crippen LogP contribution in [0.1, 0.15) is 37.9 Å². The number of ether oxygens (including phenoxy) is 3. The average molecular weight is 519 g/mol. The largest absolute Gasteiger partial charge is 0.493 e. The van der Waals surface area contributed by atoms with Crippen molar-refractivity contribution in [3.63, 3.8) is 0 Å². The lowest BCUT2D eigenvalue weighted by Crippen LogP contribution is -2.39. The molecule has 0 saturated carbocycles. The number of carbonyl (C=O) groups excluding carboxylic acids is 2. The summed E-state index contributed by atoms with van der Waals surface area (Å²) in [6.45, 7) is 4.90. The van der Waals surface area contributed by atoms with Gasteiger partial charge < -0.3 is 14.2 Å². The maximum Gasteiger partial charge on any atom is 0.338 e.